The summed E-state index contributed by atoms with van der Waals surface area (Å²) in [4.78, 5) is 11.0. The Balaban J connectivity index is 2.50. The molecular formula is C12H10ClF3N2O2. The predicted molar refractivity (Wildman–Crippen MR) is 67.2 cm³/mol. The zero-order chi connectivity index (χ0) is 15.1. The van der Waals surface area contributed by atoms with Crippen molar-refractivity contribution in [1.82, 2.24) is 5.43 Å². The Morgan fingerprint density at radius 1 is 1.35 bits per heavy atom. The van der Waals surface area contributed by atoms with Crippen LogP contribution in [0.2, 0.25) is 5.02 Å². The third-order valence-corrected chi connectivity index (χ3v) is 3.43. The second-order valence-electron chi connectivity index (χ2n) is 4.37. The van der Waals surface area contributed by atoms with E-state index in [1.165, 1.54) is 24.3 Å². The van der Waals surface area contributed by atoms with Crippen LogP contribution in [0.25, 0.3) is 0 Å². The number of halogens is 4. The fourth-order valence-electron chi connectivity index (χ4n) is 1.99. The van der Waals surface area contributed by atoms with Gasteiger partial charge in [0.2, 0.25) is 0 Å². The van der Waals surface area contributed by atoms with Gasteiger partial charge in [-0.2, -0.15) is 13.2 Å². The molecule has 0 radical (unpaired) electrons. The molecule has 0 saturated heterocycles. The summed E-state index contributed by atoms with van der Waals surface area (Å²) in [5, 5.41) is 10.1. The van der Waals surface area contributed by atoms with Crippen LogP contribution in [0.15, 0.2) is 36.0 Å². The van der Waals surface area contributed by atoms with Crippen LogP contribution in [0.1, 0.15) is 6.92 Å². The van der Waals surface area contributed by atoms with Gasteiger partial charge in [0.25, 0.3) is 0 Å². The summed E-state index contributed by atoms with van der Waals surface area (Å²) >= 11 is 5.69. The summed E-state index contributed by atoms with van der Waals surface area (Å²) in [6.07, 6.45) is -3.94. The molecule has 2 N–H and O–H groups in total. The van der Waals surface area contributed by atoms with E-state index < -0.39 is 23.3 Å². The number of anilines is 1. The molecule has 0 aromatic heterocycles. The molecule has 4 nitrogen and oxygen atoms in total. The molecule has 0 bridgehead atoms. The van der Waals surface area contributed by atoms with Crippen LogP contribution in [0.5, 0.6) is 0 Å². The van der Waals surface area contributed by atoms with Crippen molar-refractivity contribution >= 4 is 23.3 Å². The highest BCUT2D eigenvalue weighted by Gasteiger charge is 2.62. The van der Waals surface area contributed by atoms with Crippen LogP contribution in [0.3, 0.4) is 0 Å². The van der Waals surface area contributed by atoms with Gasteiger partial charge in [0.1, 0.15) is 0 Å². The summed E-state index contributed by atoms with van der Waals surface area (Å²) in [5.41, 5.74) is -0.949. The van der Waals surface area contributed by atoms with Crippen LogP contribution in [0.4, 0.5) is 18.9 Å². The van der Waals surface area contributed by atoms with E-state index in [0.717, 1.165) is 18.1 Å². The fraction of sp³-hybridized carbons (Fsp3) is 0.250. The number of alkyl halides is 3. The van der Waals surface area contributed by atoms with E-state index in [9.17, 15) is 18.0 Å². The summed E-state index contributed by atoms with van der Waals surface area (Å²) < 4.78 is 40.1. The monoisotopic (exact) mass is 306 g/mol. The Hall–Kier alpha value is -1.89. The van der Waals surface area contributed by atoms with E-state index in [1.807, 2.05) is 0 Å². The molecule has 0 aliphatic carbocycles. The van der Waals surface area contributed by atoms with Crippen molar-refractivity contribution < 1.29 is 23.1 Å². The standard InChI is InChI=1S/C12H10ClF3N2O2/c1-11(12(14,15)16)9(10(19)20)6-17-18(11)8-4-2-7(13)3-5-8/h2-6,17H,1H3,(H,19,20). The van der Waals surface area contributed by atoms with E-state index in [1.54, 1.807) is 0 Å². The zero-order valence-corrected chi connectivity index (χ0v) is 11.0. The van der Waals surface area contributed by atoms with Crippen molar-refractivity contribution in [3.05, 3.63) is 41.1 Å². The van der Waals surface area contributed by atoms with Gasteiger partial charge in [-0.25, -0.2) is 4.79 Å². The van der Waals surface area contributed by atoms with Crippen LogP contribution in [0, 0.1) is 0 Å². The number of carboxylic acids is 1. The summed E-state index contributed by atoms with van der Waals surface area (Å²) in [6, 6.07) is 5.60. The molecule has 1 atom stereocenters. The van der Waals surface area contributed by atoms with Crippen molar-refractivity contribution in [1.29, 1.82) is 0 Å². The quantitative estimate of drug-likeness (QED) is 0.882. The van der Waals surface area contributed by atoms with Crippen molar-refractivity contribution in [2.45, 2.75) is 18.6 Å². The minimum absolute atomic E-state index is 0.154. The second-order valence-corrected chi connectivity index (χ2v) is 4.81. The third-order valence-electron chi connectivity index (χ3n) is 3.18. The van der Waals surface area contributed by atoms with Crippen molar-refractivity contribution in [3.8, 4) is 0 Å². The molecule has 8 heteroatoms. The van der Waals surface area contributed by atoms with Crippen molar-refractivity contribution in [3.63, 3.8) is 0 Å². The van der Waals surface area contributed by atoms with Gasteiger partial charge in [0, 0.05) is 11.2 Å². The number of carbonyl (C=O) groups is 1. The van der Waals surface area contributed by atoms with Gasteiger partial charge < -0.3 is 10.5 Å². The molecule has 1 aliphatic rings. The molecule has 108 valence electrons. The number of hydrogen-bond acceptors (Lipinski definition) is 3. The van der Waals surface area contributed by atoms with Gasteiger partial charge in [0.15, 0.2) is 5.54 Å². The lowest BCUT2D eigenvalue weighted by molar-refractivity contribution is -0.174. The highest BCUT2D eigenvalue weighted by molar-refractivity contribution is 6.30. The van der Waals surface area contributed by atoms with Gasteiger partial charge in [-0.1, -0.05) is 11.6 Å². The molecule has 0 spiro atoms. The number of hydrogen-bond donors (Lipinski definition) is 2. The molecule has 0 amide bonds. The molecule has 1 aliphatic heterocycles. The molecule has 20 heavy (non-hydrogen) atoms. The van der Waals surface area contributed by atoms with Gasteiger partial charge in [0.05, 0.1) is 11.3 Å². The predicted octanol–water partition coefficient (Wildman–Crippen LogP) is 2.95. The van der Waals surface area contributed by atoms with E-state index >= 15 is 0 Å². The van der Waals surface area contributed by atoms with Crippen LogP contribution < -0.4 is 10.4 Å². The number of nitrogens with one attached hydrogen (secondary N) is 1. The Labute approximate surface area is 117 Å². The van der Waals surface area contributed by atoms with E-state index in [0.29, 0.717) is 5.02 Å². The molecule has 1 heterocycles. The maximum absolute atomic E-state index is 13.4. The lowest BCUT2D eigenvalue weighted by Gasteiger charge is -2.38. The van der Waals surface area contributed by atoms with Crippen LogP contribution in [-0.2, 0) is 4.79 Å². The maximum Gasteiger partial charge on any atom is 0.417 e. The smallest absolute Gasteiger partial charge is 0.417 e. The van der Waals surface area contributed by atoms with E-state index in [-0.39, 0.29) is 5.69 Å². The van der Waals surface area contributed by atoms with Crippen LogP contribution in [-0.4, -0.2) is 22.8 Å². The van der Waals surface area contributed by atoms with Crippen molar-refractivity contribution in [2.75, 3.05) is 5.01 Å². The SMILES string of the molecule is CC1(C(F)(F)F)C(C(=O)O)=CNN1c1ccc(Cl)cc1. The summed E-state index contributed by atoms with van der Waals surface area (Å²) in [7, 11) is 0. The Morgan fingerprint density at radius 3 is 2.35 bits per heavy atom. The molecule has 2 rings (SSSR count). The number of benzene rings is 1. The minimum atomic E-state index is -4.78. The van der Waals surface area contributed by atoms with Crippen LogP contribution >= 0.6 is 11.6 Å². The largest absolute Gasteiger partial charge is 0.478 e. The highest BCUT2D eigenvalue weighted by Crippen LogP contribution is 2.44. The number of rotatable bonds is 2. The molecule has 1 unspecified atom stereocenters. The summed E-state index contributed by atoms with van der Waals surface area (Å²) in [6.45, 7) is 0.807. The van der Waals surface area contributed by atoms with Gasteiger partial charge in [-0.05, 0) is 31.2 Å². The first-order valence-electron chi connectivity index (χ1n) is 5.50. The number of carboxylic acid groups (broad SMARTS) is 1. The lowest BCUT2D eigenvalue weighted by atomic mass is 9.91. The molecule has 0 saturated carbocycles. The molecule has 0 fully saturated rings. The number of nitrogens with zero attached hydrogens (tertiary/aromatic N) is 1. The fourth-order valence-corrected chi connectivity index (χ4v) is 2.12. The molecular weight excluding hydrogens is 297 g/mol. The van der Waals surface area contributed by atoms with Gasteiger partial charge in [-0.15, -0.1) is 0 Å². The lowest BCUT2D eigenvalue weighted by Crippen LogP contribution is -2.59. The Morgan fingerprint density at radius 2 is 1.90 bits per heavy atom. The summed E-state index contributed by atoms with van der Waals surface area (Å²) in [5.74, 6) is -1.63. The van der Waals surface area contributed by atoms with Crippen molar-refractivity contribution in [2.24, 2.45) is 0 Å². The number of aliphatic carboxylic acids is 1. The van der Waals surface area contributed by atoms with Gasteiger partial charge in [-0.3, -0.25) is 5.01 Å². The minimum Gasteiger partial charge on any atom is -0.478 e. The first kappa shape index (κ1) is 14.5. The van der Waals surface area contributed by atoms with E-state index in [2.05, 4.69) is 5.43 Å². The molecule has 1 aromatic rings. The zero-order valence-electron chi connectivity index (χ0n) is 10.2. The topological polar surface area (TPSA) is 52.6 Å². The third kappa shape index (κ3) is 2.07. The number of hydrazine groups is 1. The van der Waals surface area contributed by atoms with Gasteiger partial charge >= 0.3 is 12.1 Å². The average molecular weight is 307 g/mol. The van der Waals surface area contributed by atoms with E-state index in [4.69, 9.17) is 16.7 Å². The second kappa shape index (κ2) is 4.59. The Kier molecular flexibility index (Phi) is 3.33. The normalized spacial score (nSPS) is 22.4. The maximum atomic E-state index is 13.4. The highest BCUT2D eigenvalue weighted by atomic mass is 35.5. The first-order chi connectivity index (χ1) is 9.18. The first-order valence-corrected chi connectivity index (χ1v) is 5.88. The average Bonchev–Trinajstić information content (AvgIpc) is 2.69. The molecule has 1 aromatic carbocycles. The Bertz CT molecular complexity index is 571.